The van der Waals surface area contributed by atoms with Gasteiger partial charge in [0.15, 0.2) is 6.10 Å². The molecule has 1 atom stereocenters. The molecule has 1 aromatic carbocycles. The van der Waals surface area contributed by atoms with Crippen LogP contribution in [0.25, 0.3) is 0 Å². The fourth-order valence-electron chi connectivity index (χ4n) is 4.19. The van der Waals surface area contributed by atoms with Crippen LogP contribution in [0.1, 0.15) is 46.1 Å². The summed E-state index contributed by atoms with van der Waals surface area (Å²) in [6.45, 7) is 10.8. The Morgan fingerprint density at radius 2 is 1.88 bits per heavy atom. The number of piperidine rings is 1. The summed E-state index contributed by atoms with van der Waals surface area (Å²) in [5, 5.41) is 12.4. The number of amides is 2. The predicted octanol–water partition coefficient (Wildman–Crippen LogP) is 2.90. The van der Waals surface area contributed by atoms with E-state index in [4.69, 9.17) is 4.74 Å². The topological polar surface area (TPSA) is 85.7 Å². The maximum atomic E-state index is 13.2. The molecule has 1 heterocycles. The minimum absolute atomic E-state index is 0.00261. The maximum absolute atomic E-state index is 13.2. The number of likely N-dealkylation sites (tertiary alicyclic amines) is 1. The van der Waals surface area contributed by atoms with Crippen molar-refractivity contribution in [3.05, 3.63) is 29.8 Å². The Kier molecular flexibility index (Phi) is 9.09. The van der Waals surface area contributed by atoms with Crippen molar-refractivity contribution in [2.24, 2.45) is 17.3 Å². The van der Waals surface area contributed by atoms with Crippen LogP contribution in [0.3, 0.4) is 0 Å². The van der Waals surface area contributed by atoms with Crippen LogP contribution in [0.15, 0.2) is 24.3 Å². The molecule has 32 heavy (non-hydrogen) atoms. The first-order chi connectivity index (χ1) is 15.0. The number of para-hydroxylation sites is 1. The number of nitrogens with one attached hydrogen (secondary N) is 1. The molecule has 2 rings (SSSR count). The lowest BCUT2D eigenvalue weighted by molar-refractivity contribution is -0.143. The van der Waals surface area contributed by atoms with Gasteiger partial charge < -0.3 is 19.9 Å². The second-order valence-electron chi connectivity index (χ2n) is 10.1. The number of nitrogens with zero attached hydrogens (tertiary/aromatic N) is 3. The van der Waals surface area contributed by atoms with Gasteiger partial charge in [-0.1, -0.05) is 39.8 Å². The quantitative estimate of drug-likeness (QED) is 0.636. The molecule has 2 amide bonds. The minimum Gasteiger partial charge on any atom is -0.479 e. The van der Waals surface area contributed by atoms with Gasteiger partial charge in [0, 0.05) is 32.1 Å². The summed E-state index contributed by atoms with van der Waals surface area (Å²) >= 11 is 0. The van der Waals surface area contributed by atoms with Gasteiger partial charge in [0.2, 0.25) is 5.91 Å². The highest BCUT2D eigenvalue weighted by molar-refractivity contribution is 5.83. The Balaban J connectivity index is 1.92. The molecule has 7 heteroatoms. The fraction of sp³-hybridized carbons (Fsp3) is 0.640. The molecule has 1 fully saturated rings. The van der Waals surface area contributed by atoms with E-state index in [1.807, 2.05) is 27.9 Å². The van der Waals surface area contributed by atoms with E-state index >= 15 is 0 Å². The van der Waals surface area contributed by atoms with Crippen molar-refractivity contribution in [1.29, 1.82) is 5.26 Å². The van der Waals surface area contributed by atoms with Crippen LogP contribution in [0, 0.1) is 28.6 Å². The number of nitriles is 1. The van der Waals surface area contributed by atoms with Crippen molar-refractivity contribution in [3.63, 3.8) is 0 Å². The summed E-state index contributed by atoms with van der Waals surface area (Å²) in [7, 11) is 4.06. The summed E-state index contributed by atoms with van der Waals surface area (Å²) in [5.41, 5.74) is 0.413. The van der Waals surface area contributed by atoms with Crippen molar-refractivity contribution < 1.29 is 14.3 Å². The number of hydrogen-bond acceptors (Lipinski definition) is 5. The molecule has 0 radical (unpaired) electrons. The normalized spacial score (nSPS) is 16.0. The van der Waals surface area contributed by atoms with Crippen molar-refractivity contribution in [3.8, 4) is 11.8 Å². The highest BCUT2D eigenvalue weighted by atomic mass is 16.5. The highest BCUT2D eigenvalue weighted by Crippen LogP contribution is 2.24. The smallest absolute Gasteiger partial charge is 0.263 e. The van der Waals surface area contributed by atoms with Gasteiger partial charge in [0.05, 0.1) is 5.56 Å². The van der Waals surface area contributed by atoms with Gasteiger partial charge >= 0.3 is 0 Å². The second-order valence-corrected chi connectivity index (χ2v) is 10.1. The van der Waals surface area contributed by atoms with Gasteiger partial charge in [-0.05, 0) is 50.4 Å². The molecule has 0 spiro atoms. The third-order valence-electron chi connectivity index (χ3n) is 5.77. The van der Waals surface area contributed by atoms with Gasteiger partial charge in [-0.15, -0.1) is 0 Å². The largest absolute Gasteiger partial charge is 0.479 e. The van der Waals surface area contributed by atoms with E-state index in [2.05, 4.69) is 30.1 Å². The van der Waals surface area contributed by atoms with Crippen LogP contribution < -0.4 is 10.1 Å². The number of rotatable bonds is 9. The predicted molar refractivity (Wildman–Crippen MR) is 125 cm³/mol. The molecular formula is C25H38N4O3. The van der Waals surface area contributed by atoms with E-state index in [9.17, 15) is 14.9 Å². The average Bonchev–Trinajstić information content (AvgIpc) is 2.74. The third-order valence-corrected chi connectivity index (χ3v) is 5.77. The van der Waals surface area contributed by atoms with Gasteiger partial charge in [-0.25, -0.2) is 0 Å². The summed E-state index contributed by atoms with van der Waals surface area (Å²) < 4.78 is 6.00. The maximum Gasteiger partial charge on any atom is 0.263 e. The van der Waals surface area contributed by atoms with Crippen molar-refractivity contribution in [2.75, 3.05) is 40.3 Å². The van der Waals surface area contributed by atoms with E-state index in [0.717, 1.165) is 6.54 Å². The molecule has 1 aliphatic rings. The van der Waals surface area contributed by atoms with Crippen molar-refractivity contribution in [1.82, 2.24) is 15.1 Å². The Morgan fingerprint density at radius 1 is 1.25 bits per heavy atom. The fourth-order valence-corrected chi connectivity index (χ4v) is 4.19. The zero-order valence-electron chi connectivity index (χ0n) is 20.4. The Hall–Kier alpha value is -2.59. The Labute approximate surface area is 192 Å². The summed E-state index contributed by atoms with van der Waals surface area (Å²) in [6.07, 6.45) is 0.623. The first kappa shape index (κ1) is 25.7. The van der Waals surface area contributed by atoms with Crippen LogP contribution in [0.4, 0.5) is 0 Å². The van der Waals surface area contributed by atoms with Crippen LogP contribution in [-0.4, -0.2) is 68.0 Å². The second kappa shape index (κ2) is 11.3. The molecule has 1 N–H and O–H groups in total. The lowest BCUT2D eigenvalue weighted by atomic mass is 9.91. The highest BCUT2D eigenvalue weighted by Gasteiger charge is 2.34. The summed E-state index contributed by atoms with van der Waals surface area (Å²) in [5.74, 6) is 0.292. The van der Waals surface area contributed by atoms with Crippen molar-refractivity contribution in [2.45, 2.75) is 46.6 Å². The zero-order valence-corrected chi connectivity index (χ0v) is 20.4. The number of hydrogen-bond donors (Lipinski definition) is 1. The monoisotopic (exact) mass is 442 g/mol. The average molecular weight is 443 g/mol. The van der Waals surface area contributed by atoms with E-state index in [-0.39, 0.29) is 29.1 Å². The summed E-state index contributed by atoms with van der Waals surface area (Å²) in [6, 6.07) is 9.08. The molecular weight excluding hydrogens is 404 g/mol. The van der Waals surface area contributed by atoms with Crippen molar-refractivity contribution >= 4 is 11.8 Å². The molecule has 1 aliphatic heterocycles. The van der Waals surface area contributed by atoms with Gasteiger partial charge in [-0.3, -0.25) is 9.59 Å². The van der Waals surface area contributed by atoms with Crippen LogP contribution in [-0.2, 0) is 9.59 Å². The number of carbonyl (C=O) groups excluding carboxylic acids is 2. The van der Waals surface area contributed by atoms with Gasteiger partial charge in [0.25, 0.3) is 5.91 Å². The third kappa shape index (κ3) is 7.23. The molecule has 0 aromatic heterocycles. The van der Waals surface area contributed by atoms with Crippen LogP contribution >= 0.6 is 0 Å². The minimum atomic E-state index is -0.665. The van der Waals surface area contributed by atoms with Gasteiger partial charge in [-0.2, -0.15) is 5.26 Å². The molecule has 0 aliphatic carbocycles. The molecule has 0 saturated carbocycles. The van der Waals surface area contributed by atoms with E-state index in [0.29, 0.717) is 43.8 Å². The van der Waals surface area contributed by atoms with E-state index < -0.39 is 6.10 Å². The SMILES string of the molecule is CC(C)C(Oc1ccccc1C#N)C(=O)N1CCC(C(=O)NCC(C)(C)CN(C)C)CC1. The van der Waals surface area contributed by atoms with E-state index in [1.165, 1.54) is 0 Å². The zero-order chi connectivity index (χ0) is 23.9. The molecule has 176 valence electrons. The molecule has 1 saturated heterocycles. The van der Waals surface area contributed by atoms with Crippen LogP contribution in [0.2, 0.25) is 0 Å². The standard InChI is InChI=1S/C25H38N4O3/c1-18(2)22(32-21-10-8-7-9-20(21)15-26)24(31)29-13-11-19(12-14-29)23(30)27-16-25(3,4)17-28(5)6/h7-10,18-19,22H,11-14,16-17H2,1-6H3,(H,27,30). The Bertz CT molecular complexity index is 821. The number of carbonyl (C=O) groups is 2. The molecule has 1 aromatic rings. The number of benzene rings is 1. The lowest BCUT2D eigenvalue weighted by Gasteiger charge is -2.35. The van der Waals surface area contributed by atoms with E-state index in [1.54, 1.807) is 29.2 Å². The Morgan fingerprint density at radius 3 is 2.44 bits per heavy atom. The lowest BCUT2D eigenvalue weighted by Crippen LogP contribution is -2.50. The molecule has 1 unspecified atom stereocenters. The first-order valence-corrected chi connectivity index (χ1v) is 11.4. The molecule has 7 nitrogen and oxygen atoms in total. The number of ether oxygens (including phenoxy) is 1. The first-order valence-electron chi connectivity index (χ1n) is 11.4. The summed E-state index contributed by atoms with van der Waals surface area (Å²) in [4.78, 5) is 29.8. The van der Waals surface area contributed by atoms with Crippen LogP contribution in [0.5, 0.6) is 5.75 Å². The van der Waals surface area contributed by atoms with Gasteiger partial charge in [0.1, 0.15) is 11.8 Å². The molecule has 0 bridgehead atoms.